The number of rotatable bonds is 3. The summed E-state index contributed by atoms with van der Waals surface area (Å²) in [6, 6.07) is 6.60. The Balaban J connectivity index is 2.35. The number of anilines is 1. The lowest BCUT2D eigenvalue weighted by molar-refractivity contribution is -0.384. The zero-order valence-corrected chi connectivity index (χ0v) is 11.6. The molecule has 0 saturated carbocycles. The van der Waals surface area contributed by atoms with Gasteiger partial charge in [-0.05, 0) is 36.8 Å². The van der Waals surface area contributed by atoms with Gasteiger partial charge in [0.1, 0.15) is 10.9 Å². The first kappa shape index (κ1) is 14.7. The largest absolute Gasteiger partial charge is 0.508 e. The van der Waals surface area contributed by atoms with Crippen molar-refractivity contribution in [2.75, 3.05) is 5.32 Å². The maximum absolute atomic E-state index is 12.1. The Labute approximate surface area is 124 Å². The van der Waals surface area contributed by atoms with Crippen molar-refractivity contribution in [2.45, 2.75) is 6.92 Å². The average Bonchev–Trinajstić information content (AvgIpc) is 2.37. The quantitative estimate of drug-likeness (QED) is 0.515. The molecule has 2 N–H and O–H groups in total. The van der Waals surface area contributed by atoms with Gasteiger partial charge in [0.25, 0.3) is 5.91 Å². The predicted molar refractivity (Wildman–Crippen MR) is 76.7 cm³/mol. The highest BCUT2D eigenvalue weighted by atomic mass is 35.5. The minimum atomic E-state index is -0.664. The number of nitrogens with zero attached hydrogens (tertiary/aromatic N) is 2. The Kier molecular flexibility index (Phi) is 4.04. The van der Waals surface area contributed by atoms with Gasteiger partial charge in [-0.15, -0.1) is 0 Å². The number of benzene rings is 1. The number of aromatic nitrogens is 1. The summed E-state index contributed by atoms with van der Waals surface area (Å²) < 4.78 is 0. The molecule has 21 heavy (non-hydrogen) atoms. The molecule has 0 aliphatic heterocycles. The summed E-state index contributed by atoms with van der Waals surface area (Å²) in [6.45, 7) is 1.63. The molecule has 1 aromatic heterocycles. The minimum Gasteiger partial charge on any atom is -0.508 e. The number of carbonyl (C=O) groups is 1. The first-order valence-electron chi connectivity index (χ1n) is 5.80. The van der Waals surface area contributed by atoms with Crippen LogP contribution in [0.15, 0.2) is 30.3 Å². The van der Waals surface area contributed by atoms with Crippen molar-refractivity contribution in [1.29, 1.82) is 0 Å². The van der Waals surface area contributed by atoms with Crippen LogP contribution in [0, 0.1) is 17.0 Å². The van der Waals surface area contributed by atoms with Gasteiger partial charge < -0.3 is 10.4 Å². The highest BCUT2D eigenvalue weighted by Gasteiger charge is 2.19. The minimum absolute atomic E-state index is 0.0240. The van der Waals surface area contributed by atoms with Gasteiger partial charge in [-0.25, -0.2) is 4.98 Å². The summed E-state index contributed by atoms with van der Waals surface area (Å²) in [5.74, 6) is -0.786. The highest BCUT2D eigenvalue weighted by Crippen LogP contribution is 2.25. The molecule has 2 aromatic rings. The van der Waals surface area contributed by atoms with Gasteiger partial charge in [0.2, 0.25) is 5.82 Å². The second kappa shape index (κ2) is 5.76. The maximum Gasteiger partial charge on any atom is 0.311 e. The fraction of sp³-hybridized carbons (Fsp3) is 0.0769. The maximum atomic E-state index is 12.1. The van der Waals surface area contributed by atoms with Crippen molar-refractivity contribution >= 4 is 29.0 Å². The standard InChI is InChI=1S/C13H10ClN3O4/c1-7-6-8(18)2-3-9(7)13(19)16-12-10(17(20)21)4-5-11(14)15-12/h2-6,18H,1H3,(H,15,16,19). The Morgan fingerprint density at radius 1 is 1.38 bits per heavy atom. The summed E-state index contributed by atoms with van der Waals surface area (Å²) in [4.78, 5) is 26.1. The second-order valence-corrected chi connectivity index (χ2v) is 4.60. The first-order valence-corrected chi connectivity index (χ1v) is 6.18. The molecule has 1 amide bonds. The van der Waals surface area contributed by atoms with Crippen LogP contribution in [0.25, 0.3) is 0 Å². The van der Waals surface area contributed by atoms with Crippen LogP contribution >= 0.6 is 11.6 Å². The molecule has 0 aliphatic carbocycles. The zero-order chi connectivity index (χ0) is 15.6. The molecule has 0 atom stereocenters. The van der Waals surface area contributed by atoms with E-state index in [-0.39, 0.29) is 28.0 Å². The molecule has 0 spiro atoms. The second-order valence-electron chi connectivity index (χ2n) is 4.21. The summed E-state index contributed by atoms with van der Waals surface area (Å²) in [7, 11) is 0. The van der Waals surface area contributed by atoms with Crippen LogP contribution in [0.1, 0.15) is 15.9 Å². The highest BCUT2D eigenvalue weighted by molar-refractivity contribution is 6.29. The van der Waals surface area contributed by atoms with E-state index in [1.807, 2.05) is 0 Å². The summed E-state index contributed by atoms with van der Waals surface area (Å²) >= 11 is 5.68. The number of hydrogen-bond acceptors (Lipinski definition) is 5. The molecule has 1 heterocycles. The van der Waals surface area contributed by atoms with E-state index in [0.717, 1.165) is 6.07 Å². The van der Waals surface area contributed by atoms with Gasteiger partial charge >= 0.3 is 5.69 Å². The number of carbonyl (C=O) groups excluding carboxylic acids is 1. The van der Waals surface area contributed by atoms with Crippen molar-refractivity contribution in [2.24, 2.45) is 0 Å². The third-order valence-electron chi connectivity index (χ3n) is 2.72. The molecule has 1 aromatic carbocycles. The lowest BCUT2D eigenvalue weighted by Crippen LogP contribution is -2.15. The molecule has 0 radical (unpaired) electrons. The van der Waals surface area contributed by atoms with E-state index < -0.39 is 10.8 Å². The van der Waals surface area contributed by atoms with Crippen molar-refractivity contribution in [3.63, 3.8) is 0 Å². The average molecular weight is 308 g/mol. The number of phenols is 1. The topological polar surface area (TPSA) is 105 Å². The van der Waals surface area contributed by atoms with E-state index in [2.05, 4.69) is 10.3 Å². The molecule has 0 saturated heterocycles. The van der Waals surface area contributed by atoms with Gasteiger partial charge in [-0.1, -0.05) is 11.6 Å². The molecule has 7 nitrogen and oxygen atoms in total. The van der Waals surface area contributed by atoms with Crippen LogP contribution < -0.4 is 5.32 Å². The lowest BCUT2D eigenvalue weighted by atomic mass is 10.1. The SMILES string of the molecule is Cc1cc(O)ccc1C(=O)Nc1nc(Cl)ccc1[N+](=O)[O-]. The molecular formula is C13H10ClN3O4. The fourth-order valence-electron chi connectivity index (χ4n) is 1.74. The van der Waals surface area contributed by atoms with E-state index in [1.165, 1.54) is 24.3 Å². The van der Waals surface area contributed by atoms with E-state index in [0.29, 0.717) is 5.56 Å². The molecule has 2 rings (SSSR count). The van der Waals surface area contributed by atoms with Crippen LogP contribution in [0.4, 0.5) is 11.5 Å². The number of nitro groups is 1. The molecular weight excluding hydrogens is 298 g/mol. The molecule has 0 aliphatic rings. The Hall–Kier alpha value is -2.67. The van der Waals surface area contributed by atoms with Gasteiger partial charge in [-0.3, -0.25) is 14.9 Å². The number of amides is 1. The third kappa shape index (κ3) is 3.26. The Morgan fingerprint density at radius 3 is 2.71 bits per heavy atom. The summed E-state index contributed by atoms with van der Waals surface area (Å²) in [5.41, 5.74) is 0.435. The number of halogens is 1. The van der Waals surface area contributed by atoms with Crippen molar-refractivity contribution in [1.82, 2.24) is 4.98 Å². The van der Waals surface area contributed by atoms with Gasteiger partial charge in [0.15, 0.2) is 0 Å². The molecule has 8 heteroatoms. The van der Waals surface area contributed by atoms with Crippen LogP contribution in [-0.4, -0.2) is 20.9 Å². The number of aromatic hydroxyl groups is 1. The van der Waals surface area contributed by atoms with E-state index in [4.69, 9.17) is 11.6 Å². The van der Waals surface area contributed by atoms with E-state index >= 15 is 0 Å². The van der Waals surface area contributed by atoms with Gasteiger partial charge in [-0.2, -0.15) is 0 Å². The summed E-state index contributed by atoms with van der Waals surface area (Å²) in [6.07, 6.45) is 0. The Morgan fingerprint density at radius 2 is 2.10 bits per heavy atom. The fourth-order valence-corrected chi connectivity index (χ4v) is 1.89. The third-order valence-corrected chi connectivity index (χ3v) is 2.93. The lowest BCUT2D eigenvalue weighted by Gasteiger charge is -2.08. The van der Waals surface area contributed by atoms with E-state index in [1.54, 1.807) is 6.92 Å². The number of aryl methyl sites for hydroxylation is 1. The van der Waals surface area contributed by atoms with Crippen LogP contribution in [0.5, 0.6) is 5.75 Å². The number of hydrogen-bond donors (Lipinski definition) is 2. The van der Waals surface area contributed by atoms with Crippen molar-refractivity contribution in [3.05, 3.63) is 56.7 Å². The zero-order valence-electron chi connectivity index (χ0n) is 10.8. The molecule has 0 bridgehead atoms. The molecule has 108 valence electrons. The molecule has 0 unspecified atom stereocenters. The Bertz CT molecular complexity index is 733. The van der Waals surface area contributed by atoms with Crippen LogP contribution in [0.3, 0.4) is 0 Å². The summed E-state index contributed by atoms with van der Waals surface area (Å²) in [5, 5.41) is 22.6. The van der Waals surface area contributed by atoms with Crippen molar-refractivity contribution < 1.29 is 14.8 Å². The number of nitrogens with one attached hydrogen (secondary N) is 1. The number of pyridine rings is 1. The van der Waals surface area contributed by atoms with Crippen LogP contribution in [-0.2, 0) is 0 Å². The predicted octanol–water partition coefficient (Wildman–Crippen LogP) is 2.91. The normalized spacial score (nSPS) is 10.2. The monoisotopic (exact) mass is 307 g/mol. The number of phenolic OH excluding ortho intramolecular Hbond substituents is 1. The van der Waals surface area contributed by atoms with Gasteiger partial charge in [0, 0.05) is 11.6 Å². The van der Waals surface area contributed by atoms with Crippen molar-refractivity contribution in [3.8, 4) is 5.75 Å². The first-order chi connectivity index (χ1) is 9.88. The molecule has 0 fully saturated rings. The smallest absolute Gasteiger partial charge is 0.311 e. The van der Waals surface area contributed by atoms with Gasteiger partial charge in [0.05, 0.1) is 4.92 Å². The van der Waals surface area contributed by atoms with Crippen LogP contribution in [0.2, 0.25) is 5.15 Å². The van der Waals surface area contributed by atoms with E-state index in [9.17, 15) is 20.0 Å².